The van der Waals surface area contributed by atoms with Crippen molar-refractivity contribution < 1.29 is 4.52 Å². The molecular formula is C7H11N2O. The highest BCUT2D eigenvalue weighted by molar-refractivity contribution is 4.99. The minimum Gasteiger partial charge on any atom is -0.339 e. The van der Waals surface area contributed by atoms with E-state index >= 15 is 0 Å². The maximum Gasteiger partial charge on any atom is 0.232 e. The molecule has 1 aromatic rings. The fraction of sp³-hybridized carbons (Fsp3) is 0.571. The first-order valence-electron chi connectivity index (χ1n) is 3.16. The van der Waals surface area contributed by atoms with Gasteiger partial charge in [0.2, 0.25) is 5.89 Å². The van der Waals surface area contributed by atoms with E-state index in [1.165, 1.54) is 0 Å². The summed E-state index contributed by atoms with van der Waals surface area (Å²) >= 11 is 0. The lowest BCUT2D eigenvalue weighted by molar-refractivity contribution is 0.319. The lowest BCUT2D eigenvalue weighted by Gasteiger charge is -2.10. The van der Waals surface area contributed by atoms with Gasteiger partial charge in [-0.2, -0.15) is 4.98 Å². The Balaban J connectivity index is 2.96. The zero-order valence-electron chi connectivity index (χ0n) is 6.51. The normalized spacial score (nSPS) is 12.0. The Kier molecular flexibility index (Phi) is 1.50. The summed E-state index contributed by atoms with van der Waals surface area (Å²) in [5.41, 5.74) is -0.0665. The highest BCUT2D eigenvalue weighted by atomic mass is 16.5. The van der Waals surface area contributed by atoms with Crippen LogP contribution in [0, 0.1) is 6.92 Å². The topological polar surface area (TPSA) is 38.9 Å². The Morgan fingerprint density at radius 1 is 1.40 bits per heavy atom. The number of hydrogen-bond donors (Lipinski definition) is 0. The van der Waals surface area contributed by atoms with Gasteiger partial charge in [-0.05, 0) is 0 Å². The Morgan fingerprint density at radius 2 is 2.00 bits per heavy atom. The summed E-state index contributed by atoms with van der Waals surface area (Å²) in [5, 5.41) is 3.59. The van der Waals surface area contributed by atoms with Crippen LogP contribution in [0.25, 0.3) is 0 Å². The SMILES string of the molecule is [CH2]c1noc(C(C)(C)C)n1. The molecule has 0 aromatic carbocycles. The predicted molar refractivity (Wildman–Crippen MR) is 37.5 cm³/mol. The highest BCUT2D eigenvalue weighted by Gasteiger charge is 2.20. The first-order chi connectivity index (χ1) is 4.50. The fourth-order valence-electron chi connectivity index (χ4n) is 0.559. The summed E-state index contributed by atoms with van der Waals surface area (Å²) in [6.07, 6.45) is 0. The van der Waals surface area contributed by atoms with E-state index < -0.39 is 0 Å². The summed E-state index contributed by atoms with van der Waals surface area (Å²) in [6.45, 7) is 9.58. The molecule has 1 radical (unpaired) electrons. The zero-order valence-corrected chi connectivity index (χ0v) is 6.51. The van der Waals surface area contributed by atoms with Crippen LogP contribution >= 0.6 is 0 Å². The van der Waals surface area contributed by atoms with Crippen LogP contribution in [-0.4, -0.2) is 10.1 Å². The Morgan fingerprint density at radius 3 is 2.20 bits per heavy atom. The second-order valence-corrected chi connectivity index (χ2v) is 3.27. The molecular weight excluding hydrogens is 128 g/mol. The van der Waals surface area contributed by atoms with E-state index in [1.807, 2.05) is 20.8 Å². The molecule has 0 unspecified atom stereocenters. The van der Waals surface area contributed by atoms with Gasteiger partial charge >= 0.3 is 0 Å². The molecule has 55 valence electrons. The Hall–Kier alpha value is -0.860. The van der Waals surface area contributed by atoms with Crippen LogP contribution in [0.4, 0.5) is 0 Å². The molecule has 0 saturated carbocycles. The Bertz CT molecular complexity index is 222. The van der Waals surface area contributed by atoms with E-state index in [4.69, 9.17) is 4.52 Å². The van der Waals surface area contributed by atoms with Crippen molar-refractivity contribution in [1.82, 2.24) is 10.1 Å². The van der Waals surface area contributed by atoms with Gasteiger partial charge in [0.25, 0.3) is 0 Å². The monoisotopic (exact) mass is 139 g/mol. The molecule has 0 amide bonds. The molecule has 0 N–H and O–H groups in total. The average molecular weight is 139 g/mol. The van der Waals surface area contributed by atoms with E-state index in [9.17, 15) is 0 Å². The van der Waals surface area contributed by atoms with E-state index in [0.29, 0.717) is 11.7 Å². The van der Waals surface area contributed by atoms with E-state index in [1.54, 1.807) is 0 Å². The molecule has 0 fully saturated rings. The van der Waals surface area contributed by atoms with Gasteiger partial charge in [0.05, 0.1) is 0 Å². The predicted octanol–water partition coefficient (Wildman–Crippen LogP) is 1.55. The molecule has 0 saturated heterocycles. The quantitative estimate of drug-likeness (QED) is 0.547. The van der Waals surface area contributed by atoms with E-state index in [2.05, 4.69) is 17.1 Å². The first-order valence-corrected chi connectivity index (χ1v) is 3.16. The van der Waals surface area contributed by atoms with Gasteiger partial charge in [0, 0.05) is 12.3 Å². The van der Waals surface area contributed by atoms with Crippen molar-refractivity contribution in [2.24, 2.45) is 0 Å². The minimum atomic E-state index is -0.0665. The third-order valence-electron chi connectivity index (χ3n) is 1.11. The van der Waals surface area contributed by atoms with Crippen molar-refractivity contribution in [3.8, 4) is 0 Å². The van der Waals surface area contributed by atoms with Gasteiger partial charge < -0.3 is 4.52 Å². The smallest absolute Gasteiger partial charge is 0.232 e. The van der Waals surface area contributed by atoms with Crippen LogP contribution in [0.1, 0.15) is 32.5 Å². The van der Waals surface area contributed by atoms with Crippen molar-refractivity contribution in [3.05, 3.63) is 18.6 Å². The van der Waals surface area contributed by atoms with Crippen molar-refractivity contribution in [2.45, 2.75) is 26.2 Å². The van der Waals surface area contributed by atoms with Gasteiger partial charge in [-0.3, -0.25) is 0 Å². The van der Waals surface area contributed by atoms with Crippen LogP contribution in [0.15, 0.2) is 4.52 Å². The third kappa shape index (κ3) is 1.35. The maximum atomic E-state index is 4.91. The van der Waals surface area contributed by atoms with Gasteiger partial charge in [0.1, 0.15) is 0 Å². The summed E-state index contributed by atoms with van der Waals surface area (Å²) in [6, 6.07) is 0. The van der Waals surface area contributed by atoms with E-state index in [-0.39, 0.29) is 5.41 Å². The number of aromatic nitrogens is 2. The molecule has 0 aliphatic heterocycles. The molecule has 1 aromatic heterocycles. The largest absolute Gasteiger partial charge is 0.339 e. The molecule has 3 nitrogen and oxygen atoms in total. The molecule has 0 aliphatic carbocycles. The summed E-state index contributed by atoms with van der Waals surface area (Å²) in [5.74, 6) is 1.09. The second-order valence-electron chi connectivity index (χ2n) is 3.27. The van der Waals surface area contributed by atoms with Crippen LogP contribution in [0.3, 0.4) is 0 Å². The maximum absolute atomic E-state index is 4.91. The average Bonchev–Trinajstić information content (AvgIpc) is 2.11. The minimum absolute atomic E-state index is 0.0665. The lowest BCUT2D eigenvalue weighted by Crippen LogP contribution is -2.11. The van der Waals surface area contributed by atoms with Gasteiger partial charge in [-0.1, -0.05) is 25.9 Å². The third-order valence-corrected chi connectivity index (χ3v) is 1.11. The molecule has 1 heterocycles. The van der Waals surface area contributed by atoms with Crippen LogP contribution < -0.4 is 0 Å². The van der Waals surface area contributed by atoms with Crippen LogP contribution in [0.5, 0.6) is 0 Å². The van der Waals surface area contributed by atoms with E-state index in [0.717, 1.165) is 0 Å². The zero-order chi connectivity index (χ0) is 7.78. The van der Waals surface area contributed by atoms with Crippen molar-refractivity contribution in [3.63, 3.8) is 0 Å². The number of nitrogens with zero attached hydrogens (tertiary/aromatic N) is 2. The molecule has 1 rings (SSSR count). The number of rotatable bonds is 0. The van der Waals surface area contributed by atoms with Crippen LogP contribution in [-0.2, 0) is 5.41 Å². The molecule has 0 bridgehead atoms. The molecule has 0 aliphatic rings. The second kappa shape index (κ2) is 2.08. The number of hydrogen-bond acceptors (Lipinski definition) is 3. The molecule has 10 heavy (non-hydrogen) atoms. The highest BCUT2D eigenvalue weighted by Crippen LogP contribution is 2.18. The summed E-state index contributed by atoms with van der Waals surface area (Å²) in [7, 11) is 0. The molecule has 3 heteroatoms. The van der Waals surface area contributed by atoms with Crippen molar-refractivity contribution in [2.75, 3.05) is 0 Å². The van der Waals surface area contributed by atoms with Gasteiger partial charge in [-0.25, -0.2) is 0 Å². The van der Waals surface area contributed by atoms with Crippen molar-refractivity contribution in [1.29, 1.82) is 0 Å². The lowest BCUT2D eigenvalue weighted by atomic mass is 9.97. The van der Waals surface area contributed by atoms with Crippen LogP contribution in [0.2, 0.25) is 0 Å². The standard InChI is InChI=1S/C7H11N2O/c1-5-8-6(10-9-5)7(2,3)4/h1H2,2-4H3. The molecule has 0 atom stereocenters. The Labute approximate surface area is 60.4 Å². The summed E-state index contributed by atoms with van der Waals surface area (Å²) in [4.78, 5) is 3.99. The first kappa shape index (κ1) is 7.25. The fourth-order valence-corrected chi connectivity index (χ4v) is 0.559. The van der Waals surface area contributed by atoms with Gasteiger partial charge in [-0.15, -0.1) is 0 Å². The van der Waals surface area contributed by atoms with Gasteiger partial charge in [0.15, 0.2) is 5.82 Å². The van der Waals surface area contributed by atoms with Crippen molar-refractivity contribution >= 4 is 0 Å². The summed E-state index contributed by atoms with van der Waals surface area (Å²) < 4.78 is 4.91. The molecule has 0 spiro atoms.